The van der Waals surface area contributed by atoms with E-state index in [1.54, 1.807) is 24.3 Å². The lowest BCUT2D eigenvalue weighted by molar-refractivity contribution is -0.118. The highest BCUT2D eigenvalue weighted by Crippen LogP contribution is 2.18. The first-order valence-corrected chi connectivity index (χ1v) is 10.7. The Labute approximate surface area is 177 Å². The Hall–Kier alpha value is -2.59. The first-order chi connectivity index (χ1) is 13.9. The second kappa shape index (κ2) is 9.27. The molecule has 3 N–H and O–H groups in total. The number of carbonyl (C=O) groups is 2. The highest BCUT2D eigenvalue weighted by atomic mass is 79.9. The van der Waals surface area contributed by atoms with Crippen molar-refractivity contribution in [2.75, 3.05) is 17.3 Å². The Morgan fingerprint density at radius 2 is 2.07 bits per heavy atom. The SMILES string of the molecule is CSCCC(NC(=O)c1ccc(Br)cc1F)C(=O)Nc1ccc2oc(=O)[nH]c2c1. The van der Waals surface area contributed by atoms with E-state index in [1.165, 1.54) is 23.9 Å². The summed E-state index contributed by atoms with van der Waals surface area (Å²) in [6.07, 6.45) is 2.25. The third kappa shape index (κ3) is 5.27. The molecule has 0 aliphatic heterocycles. The average molecular weight is 482 g/mol. The van der Waals surface area contributed by atoms with Gasteiger partial charge in [-0.15, -0.1) is 0 Å². The number of benzene rings is 2. The van der Waals surface area contributed by atoms with Gasteiger partial charge in [0.2, 0.25) is 5.91 Å². The number of carbonyl (C=O) groups excluding carboxylic acids is 2. The Morgan fingerprint density at radius 1 is 1.28 bits per heavy atom. The number of nitrogens with one attached hydrogen (secondary N) is 3. The van der Waals surface area contributed by atoms with Crippen molar-refractivity contribution in [2.45, 2.75) is 12.5 Å². The molecule has 0 radical (unpaired) electrons. The molecule has 1 unspecified atom stereocenters. The Bertz CT molecular complexity index is 1110. The number of rotatable bonds is 7. The Morgan fingerprint density at radius 3 is 2.79 bits per heavy atom. The number of anilines is 1. The zero-order chi connectivity index (χ0) is 21.0. The molecule has 0 aliphatic carbocycles. The minimum absolute atomic E-state index is 0.146. The molecular weight excluding hydrogens is 465 g/mol. The highest BCUT2D eigenvalue weighted by Gasteiger charge is 2.23. The fourth-order valence-electron chi connectivity index (χ4n) is 2.67. The van der Waals surface area contributed by atoms with E-state index in [9.17, 15) is 18.8 Å². The highest BCUT2D eigenvalue weighted by molar-refractivity contribution is 9.10. The van der Waals surface area contributed by atoms with Gasteiger partial charge < -0.3 is 15.1 Å². The Kier molecular flexibility index (Phi) is 6.75. The topological polar surface area (TPSA) is 104 Å². The molecule has 2 aromatic carbocycles. The van der Waals surface area contributed by atoms with Crippen molar-refractivity contribution in [3.63, 3.8) is 0 Å². The number of aromatic nitrogens is 1. The molecule has 3 rings (SSSR count). The molecule has 0 fully saturated rings. The van der Waals surface area contributed by atoms with Crippen LogP contribution < -0.4 is 16.4 Å². The largest absolute Gasteiger partial charge is 0.417 e. The van der Waals surface area contributed by atoms with Crippen LogP contribution in [0.5, 0.6) is 0 Å². The first kappa shape index (κ1) is 21.1. The fourth-order valence-corrected chi connectivity index (χ4v) is 3.48. The van der Waals surface area contributed by atoms with Gasteiger partial charge in [0.1, 0.15) is 11.9 Å². The van der Waals surface area contributed by atoms with Gasteiger partial charge in [-0.1, -0.05) is 15.9 Å². The van der Waals surface area contributed by atoms with Gasteiger partial charge in [0, 0.05) is 10.2 Å². The molecule has 0 spiro atoms. The van der Waals surface area contributed by atoms with Crippen LogP contribution in [0.25, 0.3) is 11.1 Å². The summed E-state index contributed by atoms with van der Waals surface area (Å²) in [7, 11) is 0. The lowest BCUT2D eigenvalue weighted by Gasteiger charge is -2.18. The van der Waals surface area contributed by atoms with E-state index in [2.05, 4.69) is 31.5 Å². The van der Waals surface area contributed by atoms with Crippen LogP contribution in [0.2, 0.25) is 0 Å². The predicted octanol–water partition coefficient (Wildman–Crippen LogP) is 3.51. The molecule has 1 aromatic heterocycles. The first-order valence-electron chi connectivity index (χ1n) is 8.56. The molecule has 0 bridgehead atoms. The molecule has 3 aromatic rings. The number of aromatic amines is 1. The zero-order valence-corrected chi connectivity index (χ0v) is 17.7. The molecule has 152 valence electrons. The Balaban J connectivity index is 1.76. The van der Waals surface area contributed by atoms with Crippen molar-refractivity contribution < 1.29 is 18.4 Å². The number of oxazole rings is 1. The number of amides is 2. The molecule has 2 amide bonds. The molecule has 0 saturated carbocycles. The van der Waals surface area contributed by atoms with Crippen LogP contribution in [0.1, 0.15) is 16.8 Å². The van der Waals surface area contributed by atoms with Gasteiger partial charge in [0.15, 0.2) is 5.58 Å². The third-order valence-corrected chi connectivity index (χ3v) is 5.23. The maximum atomic E-state index is 14.1. The lowest BCUT2D eigenvalue weighted by atomic mass is 10.1. The van der Waals surface area contributed by atoms with E-state index in [-0.39, 0.29) is 5.56 Å². The van der Waals surface area contributed by atoms with Gasteiger partial charge >= 0.3 is 5.76 Å². The van der Waals surface area contributed by atoms with Crippen molar-refractivity contribution in [3.8, 4) is 0 Å². The van der Waals surface area contributed by atoms with Crippen molar-refractivity contribution in [1.29, 1.82) is 0 Å². The second-order valence-corrected chi connectivity index (χ2v) is 8.05. The van der Waals surface area contributed by atoms with Gasteiger partial charge in [-0.25, -0.2) is 9.18 Å². The van der Waals surface area contributed by atoms with Crippen LogP contribution in [-0.2, 0) is 4.79 Å². The molecule has 0 saturated heterocycles. The van der Waals surface area contributed by atoms with Crippen LogP contribution in [0.15, 0.2) is 50.1 Å². The van der Waals surface area contributed by atoms with Gasteiger partial charge in [0.05, 0.1) is 11.1 Å². The van der Waals surface area contributed by atoms with Crippen LogP contribution in [-0.4, -0.2) is 34.8 Å². The second-order valence-electron chi connectivity index (χ2n) is 6.15. The summed E-state index contributed by atoms with van der Waals surface area (Å²) in [5.74, 6) is -1.78. The van der Waals surface area contributed by atoms with Gasteiger partial charge in [-0.2, -0.15) is 11.8 Å². The summed E-state index contributed by atoms with van der Waals surface area (Å²) in [5.41, 5.74) is 1.09. The fraction of sp³-hybridized carbons (Fsp3) is 0.211. The van der Waals surface area contributed by atoms with Crippen LogP contribution >= 0.6 is 27.7 Å². The molecule has 1 heterocycles. The van der Waals surface area contributed by atoms with Crippen LogP contribution in [0.3, 0.4) is 0 Å². The van der Waals surface area contributed by atoms with E-state index < -0.39 is 29.4 Å². The standard InChI is InChI=1S/C19H17BrFN3O4S/c1-29-7-6-14(23-17(25)12-4-2-10(20)8-13(12)21)18(26)22-11-3-5-16-15(9-11)24-19(27)28-16/h2-5,8-9,14H,6-7H2,1H3,(H,22,26)(H,23,25)(H,24,27). The molecule has 29 heavy (non-hydrogen) atoms. The van der Waals surface area contributed by atoms with E-state index in [1.807, 2.05) is 6.26 Å². The summed E-state index contributed by atoms with van der Waals surface area (Å²) in [6, 6.07) is 7.91. The summed E-state index contributed by atoms with van der Waals surface area (Å²) >= 11 is 4.66. The van der Waals surface area contributed by atoms with Gasteiger partial charge in [-0.3, -0.25) is 14.6 Å². The summed E-state index contributed by atoms with van der Waals surface area (Å²) in [6.45, 7) is 0. The van der Waals surface area contributed by atoms with Crippen LogP contribution in [0.4, 0.5) is 10.1 Å². The molecular formula is C19H17BrFN3O4S. The maximum absolute atomic E-state index is 14.1. The van der Waals surface area contributed by atoms with Gasteiger partial charge in [-0.05, 0) is 54.8 Å². The predicted molar refractivity (Wildman–Crippen MR) is 114 cm³/mol. The molecule has 10 heteroatoms. The quantitative estimate of drug-likeness (QED) is 0.478. The summed E-state index contributed by atoms with van der Waals surface area (Å²) < 4.78 is 19.5. The van der Waals surface area contributed by atoms with Gasteiger partial charge in [0.25, 0.3) is 5.91 Å². The maximum Gasteiger partial charge on any atom is 0.417 e. The van der Waals surface area contributed by atoms with Crippen molar-refractivity contribution in [2.24, 2.45) is 0 Å². The number of hydrogen-bond donors (Lipinski definition) is 3. The smallest absolute Gasteiger partial charge is 0.408 e. The van der Waals surface area contributed by atoms with Crippen molar-refractivity contribution in [3.05, 3.63) is 62.8 Å². The van der Waals surface area contributed by atoms with Crippen LogP contribution in [0, 0.1) is 5.82 Å². The summed E-state index contributed by atoms with van der Waals surface area (Å²) in [4.78, 5) is 39.0. The van der Waals surface area contributed by atoms with Crippen molar-refractivity contribution >= 4 is 56.3 Å². The lowest BCUT2D eigenvalue weighted by Crippen LogP contribution is -2.44. The molecule has 0 aliphatic rings. The zero-order valence-electron chi connectivity index (χ0n) is 15.3. The van der Waals surface area contributed by atoms with E-state index in [4.69, 9.17) is 4.42 Å². The van der Waals surface area contributed by atoms with Crippen molar-refractivity contribution in [1.82, 2.24) is 10.3 Å². The summed E-state index contributed by atoms with van der Waals surface area (Å²) in [5, 5.41) is 5.30. The number of hydrogen-bond acceptors (Lipinski definition) is 5. The normalized spacial score (nSPS) is 12.0. The number of thioether (sulfide) groups is 1. The number of fused-ring (bicyclic) bond motifs is 1. The number of halogens is 2. The molecule has 1 atom stereocenters. The minimum atomic E-state index is -0.864. The van der Waals surface area contributed by atoms with E-state index in [0.717, 1.165) is 0 Å². The third-order valence-electron chi connectivity index (χ3n) is 4.09. The monoisotopic (exact) mass is 481 g/mol. The average Bonchev–Trinajstić information content (AvgIpc) is 3.04. The van der Waals surface area contributed by atoms with E-state index in [0.29, 0.717) is 33.4 Å². The van der Waals surface area contributed by atoms with E-state index >= 15 is 0 Å². The molecule has 7 nitrogen and oxygen atoms in total. The minimum Gasteiger partial charge on any atom is -0.408 e. The number of H-pyrrole nitrogens is 1.